The number of rotatable bonds is 4. The summed E-state index contributed by atoms with van der Waals surface area (Å²) in [6.45, 7) is 0. The lowest BCUT2D eigenvalue weighted by Crippen LogP contribution is -1.99. The number of pyridine rings is 1. The van der Waals surface area contributed by atoms with E-state index in [1.807, 2.05) is 6.07 Å². The fourth-order valence-corrected chi connectivity index (χ4v) is 8.36. The van der Waals surface area contributed by atoms with Crippen molar-refractivity contribution in [3.05, 3.63) is 182 Å². The summed E-state index contributed by atoms with van der Waals surface area (Å²) in [5.74, 6) is 0.899. The molecule has 0 aliphatic rings. The Morgan fingerprint density at radius 2 is 0.902 bits per heavy atom. The van der Waals surface area contributed by atoms with Crippen molar-refractivity contribution in [3.8, 4) is 28.5 Å². The van der Waals surface area contributed by atoms with Gasteiger partial charge in [-0.1, -0.05) is 121 Å². The Kier molecular flexibility index (Phi) is 5.92. The van der Waals surface area contributed by atoms with Gasteiger partial charge in [0.15, 0.2) is 0 Å². The quantitative estimate of drug-likeness (QED) is 0.186. The molecule has 0 atom stereocenters. The molecule has 0 bridgehead atoms. The second kappa shape index (κ2) is 10.8. The monoisotopic (exact) mass is 650 g/mol. The lowest BCUT2D eigenvalue weighted by atomic mass is 10.1. The highest BCUT2D eigenvalue weighted by atomic mass is 15.1. The Labute approximate surface area is 293 Å². The van der Waals surface area contributed by atoms with Crippen molar-refractivity contribution in [3.63, 3.8) is 0 Å². The zero-order chi connectivity index (χ0) is 33.5. The molecule has 0 fully saturated rings. The molecule has 4 heterocycles. The number of hydrogen-bond acceptors (Lipinski definition) is 1. The van der Waals surface area contributed by atoms with E-state index in [-0.39, 0.29) is 0 Å². The van der Waals surface area contributed by atoms with E-state index in [9.17, 15) is 0 Å². The van der Waals surface area contributed by atoms with Crippen molar-refractivity contribution in [1.29, 1.82) is 0 Å². The zero-order valence-electron chi connectivity index (χ0n) is 27.6. The van der Waals surface area contributed by atoms with E-state index in [0.29, 0.717) is 0 Å². The highest BCUT2D eigenvalue weighted by Crippen LogP contribution is 2.44. The van der Waals surface area contributed by atoms with Crippen LogP contribution >= 0.6 is 0 Å². The van der Waals surface area contributed by atoms with Gasteiger partial charge >= 0.3 is 0 Å². The molecule has 0 spiro atoms. The van der Waals surface area contributed by atoms with Crippen LogP contribution in [0.15, 0.2) is 182 Å². The Bertz CT molecular complexity index is 3130. The third kappa shape index (κ3) is 3.99. The number of benzene rings is 7. The second-order valence-corrected chi connectivity index (χ2v) is 13.2. The molecular formula is C47H30N4. The summed E-state index contributed by atoms with van der Waals surface area (Å²) in [5.41, 5.74) is 11.4. The smallest absolute Gasteiger partial charge is 0.138 e. The summed E-state index contributed by atoms with van der Waals surface area (Å²) >= 11 is 0. The predicted octanol–water partition coefficient (Wildman–Crippen LogP) is 12.0. The lowest BCUT2D eigenvalue weighted by Gasteiger charge is -2.12. The number of hydrogen-bond donors (Lipinski definition) is 0. The molecule has 7 aromatic carbocycles. The molecule has 11 aromatic rings. The van der Waals surface area contributed by atoms with Crippen LogP contribution < -0.4 is 0 Å². The molecule has 0 amide bonds. The highest BCUT2D eigenvalue weighted by molar-refractivity contribution is 6.27. The van der Waals surface area contributed by atoms with Crippen molar-refractivity contribution >= 4 is 65.4 Å². The van der Waals surface area contributed by atoms with Gasteiger partial charge in [0.2, 0.25) is 0 Å². The van der Waals surface area contributed by atoms with Crippen LogP contribution in [0.2, 0.25) is 0 Å². The summed E-state index contributed by atoms with van der Waals surface area (Å²) in [5, 5.41) is 7.39. The van der Waals surface area contributed by atoms with Gasteiger partial charge in [0.05, 0.1) is 44.5 Å². The van der Waals surface area contributed by atoms with Crippen LogP contribution in [0.1, 0.15) is 0 Å². The summed E-state index contributed by atoms with van der Waals surface area (Å²) in [6.07, 6.45) is 0. The molecule has 4 nitrogen and oxygen atoms in total. The van der Waals surface area contributed by atoms with Crippen molar-refractivity contribution in [2.75, 3.05) is 0 Å². The van der Waals surface area contributed by atoms with Crippen LogP contribution in [0.5, 0.6) is 0 Å². The summed E-state index contributed by atoms with van der Waals surface area (Å²) in [4.78, 5) is 5.22. The van der Waals surface area contributed by atoms with E-state index < -0.39 is 0 Å². The predicted molar refractivity (Wildman–Crippen MR) is 213 cm³/mol. The van der Waals surface area contributed by atoms with Crippen LogP contribution in [-0.4, -0.2) is 18.7 Å². The molecule has 4 heteroatoms. The van der Waals surface area contributed by atoms with Crippen molar-refractivity contribution in [2.45, 2.75) is 0 Å². The van der Waals surface area contributed by atoms with Gasteiger partial charge < -0.3 is 9.13 Å². The normalized spacial score (nSPS) is 11.9. The average molecular weight is 651 g/mol. The van der Waals surface area contributed by atoms with Gasteiger partial charge in [-0.3, -0.25) is 4.57 Å². The number of aromatic nitrogens is 4. The standard InChI is InChI=1S/C47H30N4/c1-3-15-31(16-4-1)37-22-13-28-44(48-37)51-40-25-12-8-20-35(40)45-41(26-14-27-42(45)51)50-39-24-11-9-21-36(39)46-43(50)30-29-34-33-19-7-10-23-38(33)49(47(34)46)32-17-5-2-6-18-32/h1-30H. The van der Waals surface area contributed by atoms with Crippen LogP contribution in [0.3, 0.4) is 0 Å². The maximum absolute atomic E-state index is 5.22. The first-order valence-corrected chi connectivity index (χ1v) is 17.4. The zero-order valence-corrected chi connectivity index (χ0v) is 27.6. The summed E-state index contributed by atoms with van der Waals surface area (Å²) in [7, 11) is 0. The van der Waals surface area contributed by atoms with Gasteiger partial charge in [0.1, 0.15) is 5.82 Å². The SMILES string of the molecule is c1ccc(-c2cccc(-n3c4ccccc4c4c(-n5c6ccccc6c6c5ccc5c7ccccc7n(-c7ccccc7)c56)cccc43)n2)cc1. The summed E-state index contributed by atoms with van der Waals surface area (Å²) < 4.78 is 7.24. The maximum Gasteiger partial charge on any atom is 0.138 e. The number of nitrogens with zero attached hydrogens (tertiary/aromatic N) is 4. The van der Waals surface area contributed by atoms with Crippen molar-refractivity contribution < 1.29 is 0 Å². The van der Waals surface area contributed by atoms with Crippen LogP contribution in [0, 0.1) is 0 Å². The van der Waals surface area contributed by atoms with Crippen LogP contribution in [0.4, 0.5) is 0 Å². The highest BCUT2D eigenvalue weighted by Gasteiger charge is 2.23. The molecule has 0 aliphatic carbocycles. The van der Waals surface area contributed by atoms with E-state index in [1.165, 1.54) is 54.4 Å². The van der Waals surface area contributed by atoms with E-state index in [1.54, 1.807) is 0 Å². The molecule has 0 saturated heterocycles. The van der Waals surface area contributed by atoms with Gasteiger partial charge in [-0.2, -0.15) is 0 Å². The molecule has 0 aliphatic heterocycles. The first-order chi connectivity index (χ1) is 25.3. The molecule has 11 rings (SSSR count). The van der Waals surface area contributed by atoms with Gasteiger partial charge in [-0.15, -0.1) is 0 Å². The Balaban J connectivity index is 1.26. The minimum Gasteiger partial charge on any atom is -0.309 e. The molecule has 51 heavy (non-hydrogen) atoms. The van der Waals surface area contributed by atoms with Crippen LogP contribution in [-0.2, 0) is 0 Å². The van der Waals surface area contributed by atoms with Crippen molar-refractivity contribution in [1.82, 2.24) is 18.7 Å². The topological polar surface area (TPSA) is 27.7 Å². The fraction of sp³-hybridized carbons (Fsp3) is 0. The Morgan fingerprint density at radius 3 is 1.67 bits per heavy atom. The third-order valence-corrected chi connectivity index (χ3v) is 10.4. The molecule has 238 valence electrons. The minimum atomic E-state index is 0.899. The van der Waals surface area contributed by atoms with Crippen molar-refractivity contribution in [2.24, 2.45) is 0 Å². The van der Waals surface area contributed by atoms with Gasteiger partial charge in [-0.05, 0) is 60.7 Å². The van der Waals surface area contributed by atoms with Gasteiger partial charge in [-0.25, -0.2) is 4.98 Å². The molecular weight excluding hydrogens is 621 g/mol. The van der Waals surface area contributed by atoms with E-state index in [4.69, 9.17) is 4.98 Å². The van der Waals surface area contributed by atoms with Crippen LogP contribution in [0.25, 0.3) is 93.9 Å². The lowest BCUT2D eigenvalue weighted by molar-refractivity contribution is 1.08. The average Bonchev–Trinajstić information content (AvgIpc) is 3.84. The van der Waals surface area contributed by atoms with Gasteiger partial charge in [0.25, 0.3) is 0 Å². The first-order valence-electron chi connectivity index (χ1n) is 17.4. The van der Waals surface area contributed by atoms with E-state index in [2.05, 4.69) is 190 Å². The van der Waals surface area contributed by atoms with E-state index in [0.717, 1.165) is 39.5 Å². The molecule has 0 saturated carbocycles. The minimum absolute atomic E-state index is 0.899. The largest absolute Gasteiger partial charge is 0.309 e. The maximum atomic E-state index is 5.22. The second-order valence-electron chi connectivity index (χ2n) is 13.2. The number of para-hydroxylation sites is 4. The number of fused-ring (bicyclic) bond motifs is 10. The summed E-state index contributed by atoms with van der Waals surface area (Å²) in [6, 6.07) is 65.2. The molecule has 4 aromatic heterocycles. The fourth-order valence-electron chi connectivity index (χ4n) is 8.36. The Hall–Kier alpha value is -6.91. The Morgan fingerprint density at radius 1 is 0.333 bits per heavy atom. The third-order valence-electron chi connectivity index (χ3n) is 10.4. The molecule has 0 N–H and O–H groups in total. The van der Waals surface area contributed by atoms with Gasteiger partial charge in [0, 0.05) is 43.6 Å². The van der Waals surface area contributed by atoms with E-state index >= 15 is 0 Å². The molecule has 0 unspecified atom stereocenters. The first kappa shape index (κ1) is 28.0. The molecule has 0 radical (unpaired) electrons.